The van der Waals surface area contributed by atoms with Crippen LogP contribution in [0.2, 0.25) is 0 Å². The Morgan fingerprint density at radius 2 is 0.976 bits per heavy atom. The van der Waals surface area contributed by atoms with E-state index in [-0.39, 0.29) is 10.6 Å². The van der Waals surface area contributed by atoms with Crippen molar-refractivity contribution >= 4 is 39.3 Å². The summed E-state index contributed by atoms with van der Waals surface area (Å²) in [4.78, 5) is 24.1. The second-order valence-electron chi connectivity index (χ2n) is 10.1. The van der Waals surface area contributed by atoms with Crippen LogP contribution in [0, 0.1) is 0 Å². The molecule has 8 heteroatoms. The van der Waals surface area contributed by atoms with Gasteiger partial charge in [0.2, 0.25) is 0 Å². The van der Waals surface area contributed by atoms with E-state index >= 15 is 0 Å². The topological polar surface area (TPSA) is 42.3 Å². The van der Waals surface area contributed by atoms with Crippen LogP contribution in [0.4, 0.5) is 23.2 Å². The van der Waals surface area contributed by atoms with Crippen molar-refractivity contribution in [1.29, 1.82) is 0 Å². The fourth-order valence-corrected chi connectivity index (χ4v) is 5.59. The molecule has 1 aliphatic rings. The summed E-state index contributed by atoms with van der Waals surface area (Å²) < 4.78 is 57.8. The first kappa shape index (κ1) is 25.7. The van der Waals surface area contributed by atoms with Crippen LogP contribution >= 0.6 is 0 Å². The number of carbonyl (C=O) groups excluding carboxylic acids is 2. The van der Waals surface area contributed by atoms with E-state index in [2.05, 4.69) is 41.0 Å². The van der Waals surface area contributed by atoms with Gasteiger partial charge in [-0.1, -0.05) is 72.8 Å². The summed E-state index contributed by atoms with van der Waals surface area (Å²) in [5.74, 6) is -14.7. The number of halogens is 4. The highest BCUT2D eigenvalue weighted by atomic mass is 19.3. The summed E-state index contributed by atoms with van der Waals surface area (Å²) in [7, 11) is 0. The van der Waals surface area contributed by atoms with Crippen molar-refractivity contribution in [1.82, 2.24) is 4.57 Å². The number of nitrogens with zero attached hydrogens (tertiary/aromatic N) is 2. The van der Waals surface area contributed by atoms with Crippen molar-refractivity contribution in [2.75, 3.05) is 4.90 Å². The van der Waals surface area contributed by atoms with E-state index in [1.54, 1.807) is 12.1 Å². The van der Waals surface area contributed by atoms with Crippen LogP contribution in [0.1, 0.15) is 0 Å². The maximum absolute atomic E-state index is 13.9. The van der Waals surface area contributed by atoms with Crippen LogP contribution in [-0.2, 0) is 9.59 Å². The first-order chi connectivity index (χ1) is 20.2. The van der Waals surface area contributed by atoms with E-state index in [1.165, 1.54) is 18.2 Å². The molecule has 7 rings (SSSR count). The summed E-state index contributed by atoms with van der Waals surface area (Å²) in [6.07, 6.45) is 0. The molecule has 1 fully saturated rings. The Hall–Kier alpha value is -5.24. The maximum Gasteiger partial charge on any atom is 0.396 e. The van der Waals surface area contributed by atoms with E-state index in [1.807, 2.05) is 54.6 Å². The molecule has 42 heavy (non-hydrogen) atoms. The van der Waals surface area contributed by atoms with Gasteiger partial charge in [-0.05, 0) is 70.8 Å². The highest BCUT2D eigenvalue weighted by Gasteiger charge is 2.76. The first-order valence-electron chi connectivity index (χ1n) is 13.1. The zero-order chi connectivity index (χ0) is 29.2. The minimum absolute atomic E-state index is 0.135. The molecular weight excluding hydrogens is 544 g/mol. The largest absolute Gasteiger partial charge is 0.396 e. The molecule has 0 saturated carbocycles. The van der Waals surface area contributed by atoms with Gasteiger partial charge in [-0.3, -0.25) is 9.59 Å². The highest BCUT2D eigenvalue weighted by molar-refractivity contribution is 6.26. The van der Waals surface area contributed by atoms with E-state index in [0.717, 1.165) is 38.6 Å². The molecule has 0 unspecified atom stereocenters. The van der Waals surface area contributed by atoms with E-state index in [0.29, 0.717) is 11.1 Å². The van der Waals surface area contributed by atoms with Crippen LogP contribution in [0.15, 0.2) is 121 Å². The van der Waals surface area contributed by atoms with Crippen LogP contribution < -0.4 is 4.90 Å². The maximum atomic E-state index is 13.9. The fourth-order valence-electron chi connectivity index (χ4n) is 5.59. The van der Waals surface area contributed by atoms with Gasteiger partial charge >= 0.3 is 23.7 Å². The number of hydrogen-bond donors (Lipinski definition) is 0. The summed E-state index contributed by atoms with van der Waals surface area (Å²) in [6, 6.07) is 37.4. The smallest absolute Gasteiger partial charge is 0.309 e. The number of alkyl halides is 4. The van der Waals surface area contributed by atoms with Crippen molar-refractivity contribution in [3.8, 4) is 27.9 Å². The van der Waals surface area contributed by atoms with Gasteiger partial charge < -0.3 is 4.57 Å². The van der Waals surface area contributed by atoms with Crippen LogP contribution in [0.25, 0.3) is 49.7 Å². The molecule has 2 amide bonds. The third kappa shape index (κ3) is 3.68. The monoisotopic (exact) mass is 564 g/mol. The van der Waals surface area contributed by atoms with Gasteiger partial charge in [-0.2, -0.15) is 17.6 Å². The molecule has 1 aliphatic heterocycles. The quantitative estimate of drug-likeness (QED) is 0.160. The zero-order valence-corrected chi connectivity index (χ0v) is 21.8. The summed E-state index contributed by atoms with van der Waals surface area (Å²) in [6.45, 7) is 0. The lowest BCUT2D eigenvalue weighted by molar-refractivity contribution is -0.192. The third-order valence-electron chi connectivity index (χ3n) is 7.66. The van der Waals surface area contributed by atoms with Gasteiger partial charge in [0.15, 0.2) is 0 Å². The minimum atomic E-state index is -5.11. The molecule has 206 valence electrons. The molecule has 0 spiro atoms. The Balaban J connectivity index is 1.30. The van der Waals surface area contributed by atoms with Gasteiger partial charge in [0.05, 0.1) is 16.7 Å². The summed E-state index contributed by atoms with van der Waals surface area (Å²) in [5.41, 5.74) is 5.73. The van der Waals surface area contributed by atoms with Crippen LogP contribution in [0.5, 0.6) is 0 Å². The lowest BCUT2D eigenvalue weighted by atomic mass is 9.97. The number of carbonyl (C=O) groups is 2. The summed E-state index contributed by atoms with van der Waals surface area (Å²) >= 11 is 0. The Bertz CT molecular complexity index is 2020. The number of rotatable bonds is 4. The standard InChI is InChI=1S/C34H20F4N2O2/c35-33(36)31(41)40(32(42)34(33,37)38)26-13-7-10-23(19-26)21-8-6-9-22(18-21)24-16-17-30-28(20-24)27-14-4-5-15-29(27)39(30)25-11-2-1-3-12-25/h1-20H. The molecule has 6 aromatic rings. The third-order valence-corrected chi connectivity index (χ3v) is 7.66. The molecule has 1 saturated heterocycles. The number of hydrogen-bond acceptors (Lipinski definition) is 2. The van der Waals surface area contributed by atoms with Gasteiger partial charge in [0.25, 0.3) is 0 Å². The molecule has 0 atom stereocenters. The predicted molar refractivity (Wildman–Crippen MR) is 154 cm³/mol. The van der Waals surface area contributed by atoms with Crippen molar-refractivity contribution in [3.05, 3.63) is 121 Å². The number of imide groups is 1. The van der Waals surface area contributed by atoms with Crippen LogP contribution in [-0.4, -0.2) is 28.2 Å². The number of benzene rings is 5. The zero-order valence-electron chi connectivity index (χ0n) is 21.8. The molecule has 0 bridgehead atoms. The molecule has 0 aliphatic carbocycles. The Morgan fingerprint density at radius 3 is 1.67 bits per heavy atom. The highest BCUT2D eigenvalue weighted by Crippen LogP contribution is 2.45. The fraction of sp³-hybridized carbons (Fsp3) is 0.0588. The van der Waals surface area contributed by atoms with Crippen molar-refractivity contribution in [2.24, 2.45) is 0 Å². The molecular formula is C34H20F4N2O2. The van der Waals surface area contributed by atoms with E-state index in [4.69, 9.17) is 0 Å². The van der Waals surface area contributed by atoms with E-state index in [9.17, 15) is 27.2 Å². The lowest BCUT2D eigenvalue weighted by Crippen LogP contribution is -2.43. The lowest BCUT2D eigenvalue weighted by Gasteiger charge is -2.15. The number of para-hydroxylation sites is 2. The average molecular weight is 565 g/mol. The normalized spacial score (nSPS) is 16.0. The number of amides is 2. The first-order valence-corrected chi connectivity index (χ1v) is 13.1. The summed E-state index contributed by atoms with van der Waals surface area (Å²) in [5, 5.41) is 2.16. The van der Waals surface area contributed by atoms with E-state index < -0.39 is 23.7 Å². The average Bonchev–Trinajstić information content (AvgIpc) is 3.40. The van der Waals surface area contributed by atoms with Crippen molar-refractivity contribution < 1.29 is 27.2 Å². The van der Waals surface area contributed by atoms with Gasteiger partial charge in [0.1, 0.15) is 0 Å². The second kappa shape index (κ2) is 9.14. The molecule has 0 N–H and O–H groups in total. The molecule has 1 aromatic heterocycles. The van der Waals surface area contributed by atoms with Crippen molar-refractivity contribution in [3.63, 3.8) is 0 Å². The molecule has 4 nitrogen and oxygen atoms in total. The molecule has 2 heterocycles. The van der Waals surface area contributed by atoms with Crippen LogP contribution in [0.3, 0.4) is 0 Å². The second-order valence-corrected chi connectivity index (χ2v) is 10.1. The van der Waals surface area contributed by atoms with Gasteiger partial charge in [-0.25, -0.2) is 4.90 Å². The van der Waals surface area contributed by atoms with Gasteiger partial charge in [-0.15, -0.1) is 0 Å². The number of aromatic nitrogens is 1. The Morgan fingerprint density at radius 1 is 0.452 bits per heavy atom. The molecule has 5 aromatic carbocycles. The molecule has 0 radical (unpaired) electrons. The van der Waals surface area contributed by atoms with Crippen molar-refractivity contribution in [2.45, 2.75) is 11.8 Å². The minimum Gasteiger partial charge on any atom is -0.309 e. The Labute approximate surface area is 237 Å². The predicted octanol–water partition coefficient (Wildman–Crippen LogP) is 8.26. The number of anilines is 1. The number of fused-ring (bicyclic) bond motifs is 3. The SMILES string of the molecule is O=C1N(c2cccc(-c3cccc(-c4ccc5c(c4)c4ccccc4n5-c4ccccc4)c3)c2)C(=O)C(F)(F)C1(F)F. The van der Waals surface area contributed by atoms with Gasteiger partial charge in [0, 0.05) is 16.5 Å². The Kier molecular flexibility index (Phi) is 5.59.